The number of halogens is 1. The molecule has 0 bridgehead atoms. The Labute approximate surface area is 208 Å². The first-order valence-corrected chi connectivity index (χ1v) is 11.8. The van der Waals surface area contributed by atoms with E-state index in [1.807, 2.05) is 83.8 Å². The molecule has 4 rings (SSSR count). The van der Waals surface area contributed by atoms with E-state index >= 15 is 0 Å². The highest BCUT2D eigenvalue weighted by atomic mass is 79.9. The maximum atomic E-state index is 14.0. The molecule has 0 aliphatic heterocycles. The Balaban J connectivity index is 1.84. The zero-order valence-electron chi connectivity index (χ0n) is 19.1. The highest BCUT2D eigenvalue weighted by Crippen LogP contribution is 2.34. The quantitative estimate of drug-likeness (QED) is 0.256. The third-order valence-electron chi connectivity index (χ3n) is 5.68. The lowest BCUT2D eigenvalue weighted by atomic mass is 9.95. The topological polar surface area (TPSA) is 38.8 Å². The van der Waals surface area contributed by atoms with Crippen LogP contribution in [-0.2, 0) is 6.54 Å². The molecule has 4 nitrogen and oxygen atoms in total. The van der Waals surface area contributed by atoms with Gasteiger partial charge < -0.3 is 14.4 Å². The van der Waals surface area contributed by atoms with Crippen molar-refractivity contribution < 1.29 is 14.3 Å². The maximum Gasteiger partial charge on any atom is 0.254 e. The van der Waals surface area contributed by atoms with Crippen LogP contribution in [0.5, 0.6) is 11.5 Å². The molecule has 0 aliphatic rings. The lowest BCUT2D eigenvalue weighted by Gasteiger charge is -2.33. The summed E-state index contributed by atoms with van der Waals surface area (Å²) in [5.74, 6) is 1.22. The van der Waals surface area contributed by atoms with Gasteiger partial charge in [0.2, 0.25) is 0 Å². The van der Waals surface area contributed by atoms with Crippen molar-refractivity contribution in [2.24, 2.45) is 0 Å². The minimum atomic E-state index is -0.276. The van der Waals surface area contributed by atoms with Gasteiger partial charge in [0.25, 0.3) is 5.91 Å². The summed E-state index contributed by atoms with van der Waals surface area (Å²) in [6, 6.07) is 33.2. The van der Waals surface area contributed by atoms with Gasteiger partial charge in [0.1, 0.15) is 0 Å². The molecule has 0 saturated carbocycles. The van der Waals surface area contributed by atoms with Crippen molar-refractivity contribution in [2.75, 3.05) is 14.2 Å². The Kier molecular flexibility index (Phi) is 7.65. The number of benzene rings is 4. The molecular weight excluding hydrogens is 490 g/mol. The molecule has 34 heavy (non-hydrogen) atoms. The molecule has 4 aromatic carbocycles. The highest BCUT2D eigenvalue weighted by molar-refractivity contribution is 9.10. The predicted molar refractivity (Wildman–Crippen MR) is 138 cm³/mol. The van der Waals surface area contributed by atoms with Gasteiger partial charge >= 0.3 is 0 Å². The maximum absolute atomic E-state index is 14.0. The summed E-state index contributed by atoms with van der Waals surface area (Å²) >= 11 is 3.51. The minimum Gasteiger partial charge on any atom is -0.493 e. The van der Waals surface area contributed by atoms with Gasteiger partial charge in [0.05, 0.1) is 20.3 Å². The zero-order valence-corrected chi connectivity index (χ0v) is 20.7. The minimum absolute atomic E-state index is 0.0613. The third-order valence-corrected chi connectivity index (χ3v) is 6.17. The highest BCUT2D eigenvalue weighted by Gasteiger charge is 2.28. The third kappa shape index (κ3) is 5.32. The number of hydrogen-bond acceptors (Lipinski definition) is 3. The van der Waals surface area contributed by atoms with Crippen LogP contribution in [0.2, 0.25) is 0 Å². The fourth-order valence-corrected chi connectivity index (χ4v) is 4.47. The molecule has 0 fully saturated rings. The monoisotopic (exact) mass is 515 g/mol. The van der Waals surface area contributed by atoms with E-state index in [-0.39, 0.29) is 11.9 Å². The van der Waals surface area contributed by atoms with E-state index in [0.717, 1.165) is 21.2 Å². The fraction of sp³-hybridized carbons (Fsp3) is 0.138. The van der Waals surface area contributed by atoms with E-state index in [9.17, 15) is 4.79 Å². The first kappa shape index (κ1) is 23.6. The Bertz CT molecular complexity index is 1210. The molecular formula is C29H26BrNO3. The molecule has 0 aliphatic carbocycles. The average Bonchev–Trinajstić information content (AvgIpc) is 2.89. The van der Waals surface area contributed by atoms with E-state index < -0.39 is 0 Å². The lowest BCUT2D eigenvalue weighted by molar-refractivity contribution is 0.0690. The number of carbonyl (C=O) groups excluding carboxylic acids is 1. The Morgan fingerprint density at radius 1 is 0.765 bits per heavy atom. The van der Waals surface area contributed by atoms with Gasteiger partial charge in [0, 0.05) is 16.6 Å². The van der Waals surface area contributed by atoms with Crippen molar-refractivity contribution in [1.82, 2.24) is 4.90 Å². The first-order chi connectivity index (χ1) is 16.6. The molecule has 0 spiro atoms. The van der Waals surface area contributed by atoms with Gasteiger partial charge in [-0.1, -0.05) is 88.7 Å². The van der Waals surface area contributed by atoms with Crippen LogP contribution in [0.4, 0.5) is 0 Å². The molecule has 1 amide bonds. The van der Waals surface area contributed by atoms with Gasteiger partial charge in [-0.05, 0) is 47.0 Å². The van der Waals surface area contributed by atoms with E-state index in [2.05, 4.69) is 40.2 Å². The molecule has 0 heterocycles. The SMILES string of the molecule is COc1ccc(CN(C(=O)c2cccc(Br)c2)C(c2ccccc2)c2ccccc2)cc1OC. The van der Waals surface area contributed by atoms with Crippen LogP contribution >= 0.6 is 15.9 Å². The van der Waals surface area contributed by atoms with Crippen LogP contribution in [-0.4, -0.2) is 25.0 Å². The number of ether oxygens (including phenoxy) is 2. The Hall–Kier alpha value is -3.57. The number of methoxy groups -OCH3 is 2. The largest absolute Gasteiger partial charge is 0.493 e. The summed E-state index contributed by atoms with van der Waals surface area (Å²) in [6.45, 7) is 0.389. The Morgan fingerprint density at radius 2 is 1.38 bits per heavy atom. The van der Waals surface area contributed by atoms with Crippen molar-refractivity contribution in [1.29, 1.82) is 0 Å². The van der Waals surface area contributed by atoms with Crippen molar-refractivity contribution in [3.8, 4) is 11.5 Å². The predicted octanol–water partition coefficient (Wildman–Crippen LogP) is 6.90. The van der Waals surface area contributed by atoms with Crippen molar-refractivity contribution >= 4 is 21.8 Å². The van der Waals surface area contributed by atoms with Crippen LogP contribution in [0.1, 0.15) is 33.1 Å². The lowest BCUT2D eigenvalue weighted by Crippen LogP contribution is -2.35. The molecule has 0 aromatic heterocycles. The number of nitrogens with zero attached hydrogens (tertiary/aromatic N) is 1. The van der Waals surface area contributed by atoms with E-state index in [1.165, 1.54) is 0 Å². The normalized spacial score (nSPS) is 10.7. The molecule has 4 aromatic rings. The summed E-state index contributed by atoms with van der Waals surface area (Å²) in [7, 11) is 3.23. The van der Waals surface area contributed by atoms with E-state index in [0.29, 0.717) is 23.6 Å². The van der Waals surface area contributed by atoms with Gasteiger partial charge in [-0.25, -0.2) is 0 Å². The van der Waals surface area contributed by atoms with Crippen LogP contribution in [0.15, 0.2) is 108 Å². The second-order valence-corrected chi connectivity index (χ2v) is 8.77. The molecule has 0 atom stereocenters. The van der Waals surface area contributed by atoms with Crippen molar-refractivity contribution in [2.45, 2.75) is 12.6 Å². The number of rotatable bonds is 8. The smallest absolute Gasteiger partial charge is 0.254 e. The summed E-state index contributed by atoms with van der Waals surface area (Å²) in [5, 5.41) is 0. The zero-order chi connectivity index (χ0) is 23.9. The molecule has 172 valence electrons. The van der Waals surface area contributed by atoms with Crippen LogP contribution < -0.4 is 9.47 Å². The summed E-state index contributed by atoms with van der Waals surface area (Å²) in [5.41, 5.74) is 3.64. The standard InChI is InChI=1S/C29H26BrNO3/c1-33-26-17-16-21(18-27(26)34-2)20-31(29(32)24-14-9-15-25(30)19-24)28(22-10-5-3-6-11-22)23-12-7-4-8-13-23/h3-19,28H,20H2,1-2H3. The second kappa shape index (κ2) is 11.0. The summed E-state index contributed by atoms with van der Waals surface area (Å²) in [6.07, 6.45) is 0. The summed E-state index contributed by atoms with van der Waals surface area (Å²) in [4.78, 5) is 15.9. The second-order valence-electron chi connectivity index (χ2n) is 7.86. The molecule has 0 N–H and O–H groups in total. The molecule has 5 heteroatoms. The number of hydrogen-bond donors (Lipinski definition) is 0. The molecule has 0 unspecified atom stereocenters. The van der Waals surface area contributed by atoms with Gasteiger partial charge in [-0.15, -0.1) is 0 Å². The molecule has 0 saturated heterocycles. The fourth-order valence-electron chi connectivity index (χ4n) is 4.07. The van der Waals surface area contributed by atoms with Gasteiger partial charge in [-0.3, -0.25) is 4.79 Å². The molecule has 0 radical (unpaired) electrons. The van der Waals surface area contributed by atoms with Crippen LogP contribution in [0, 0.1) is 0 Å². The van der Waals surface area contributed by atoms with Crippen molar-refractivity contribution in [3.05, 3.63) is 130 Å². The average molecular weight is 516 g/mol. The van der Waals surface area contributed by atoms with E-state index in [4.69, 9.17) is 9.47 Å². The van der Waals surface area contributed by atoms with Crippen LogP contribution in [0.25, 0.3) is 0 Å². The van der Waals surface area contributed by atoms with Crippen LogP contribution in [0.3, 0.4) is 0 Å². The van der Waals surface area contributed by atoms with E-state index in [1.54, 1.807) is 14.2 Å². The Morgan fingerprint density at radius 3 is 1.94 bits per heavy atom. The summed E-state index contributed by atoms with van der Waals surface area (Å²) < 4.78 is 11.8. The van der Waals surface area contributed by atoms with Gasteiger partial charge in [0.15, 0.2) is 11.5 Å². The number of carbonyl (C=O) groups is 1. The number of amides is 1. The van der Waals surface area contributed by atoms with Gasteiger partial charge in [-0.2, -0.15) is 0 Å². The first-order valence-electron chi connectivity index (χ1n) is 11.0. The van der Waals surface area contributed by atoms with Crippen molar-refractivity contribution in [3.63, 3.8) is 0 Å².